The molecule has 1 fully saturated rings. The Labute approximate surface area is 122 Å². The quantitative estimate of drug-likeness (QED) is 0.377. The number of thiophene rings is 1. The van der Waals surface area contributed by atoms with Crippen molar-refractivity contribution in [2.75, 3.05) is 6.54 Å². The van der Waals surface area contributed by atoms with Gasteiger partial charge in [-0.15, -0.1) is 11.3 Å². The lowest BCUT2D eigenvalue weighted by atomic mass is 10.2. The van der Waals surface area contributed by atoms with Gasteiger partial charge in [-0.25, -0.2) is 0 Å². The van der Waals surface area contributed by atoms with Crippen LogP contribution < -0.4 is 5.73 Å². The van der Waals surface area contributed by atoms with E-state index in [2.05, 4.69) is 11.2 Å². The minimum Gasteiger partial charge on any atom is -0.409 e. The molecule has 3 rings (SSSR count). The van der Waals surface area contributed by atoms with Crippen LogP contribution in [0.4, 0.5) is 0 Å². The number of rotatable bonds is 5. The van der Waals surface area contributed by atoms with Gasteiger partial charge in [-0.05, 0) is 43.7 Å². The second-order valence-electron chi connectivity index (χ2n) is 5.48. The van der Waals surface area contributed by atoms with Crippen molar-refractivity contribution >= 4 is 23.1 Å². The Morgan fingerprint density at radius 1 is 1.50 bits per heavy atom. The van der Waals surface area contributed by atoms with Crippen molar-refractivity contribution in [1.82, 2.24) is 4.90 Å². The first kappa shape index (κ1) is 13.4. The number of hydrogen-bond acceptors (Lipinski definition) is 4. The van der Waals surface area contributed by atoms with E-state index in [4.69, 9.17) is 10.9 Å². The zero-order chi connectivity index (χ0) is 14.1. The number of fused-ring (bicyclic) bond motifs is 1. The Balaban J connectivity index is 1.71. The van der Waals surface area contributed by atoms with E-state index in [-0.39, 0.29) is 11.7 Å². The largest absolute Gasteiger partial charge is 0.409 e. The van der Waals surface area contributed by atoms with E-state index >= 15 is 0 Å². The SMILES string of the molecule is NC(CCN(C(=O)c1cc2c(s1)CCC2)C1CC1)=NO. The molecule has 1 saturated carbocycles. The maximum Gasteiger partial charge on any atom is 0.264 e. The Kier molecular flexibility index (Phi) is 3.65. The Bertz CT molecular complexity index is 527. The second-order valence-corrected chi connectivity index (χ2v) is 6.62. The normalized spacial score (nSPS) is 18.1. The average Bonchev–Trinajstić information content (AvgIpc) is 3.04. The summed E-state index contributed by atoms with van der Waals surface area (Å²) in [4.78, 5) is 16.7. The highest BCUT2D eigenvalue weighted by Crippen LogP contribution is 2.34. The Morgan fingerprint density at radius 2 is 2.30 bits per heavy atom. The molecule has 1 aromatic rings. The minimum atomic E-state index is 0.109. The third-order valence-electron chi connectivity index (χ3n) is 3.94. The molecule has 0 aromatic carbocycles. The first-order valence-electron chi connectivity index (χ1n) is 7.08. The number of nitrogens with zero attached hydrogens (tertiary/aromatic N) is 2. The molecule has 108 valence electrons. The number of oxime groups is 1. The standard InChI is InChI=1S/C14H19N3O2S/c15-13(16-19)6-7-17(10-4-5-10)14(18)12-8-9-2-1-3-11(9)20-12/h8,10,19H,1-7H2,(H2,15,16). The monoisotopic (exact) mass is 293 g/mol. The van der Waals surface area contributed by atoms with Crippen LogP contribution in [0.5, 0.6) is 0 Å². The van der Waals surface area contributed by atoms with Crippen molar-refractivity contribution < 1.29 is 10.0 Å². The van der Waals surface area contributed by atoms with Gasteiger partial charge in [0.25, 0.3) is 5.91 Å². The third-order valence-corrected chi connectivity index (χ3v) is 5.17. The highest BCUT2D eigenvalue weighted by Gasteiger charge is 2.34. The first-order chi connectivity index (χ1) is 9.69. The number of hydrogen-bond donors (Lipinski definition) is 2. The lowest BCUT2D eigenvalue weighted by Crippen LogP contribution is -2.35. The molecule has 0 saturated heterocycles. The lowest BCUT2D eigenvalue weighted by molar-refractivity contribution is 0.0752. The Hall–Kier alpha value is -1.56. The molecular weight excluding hydrogens is 274 g/mol. The summed E-state index contributed by atoms with van der Waals surface area (Å²) in [6.45, 7) is 0.530. The molecule has 6 heteroatoms. The zero-order valence-corrected chi connectivity index (χ0v) is 12.2. The van der Waals surface area contributed by atoms with E-state index in [0.717, 1.165) is 30.6 Å². The summed E-state index contributed by atoms with van der Waals surface area (Å²) in [5, 5.41) is 11.6. The fourth-order valence-corrected chi connectivity index (χ4v) is 3.91. The molecule has 0 unspecified atom stereocenters. The van der Waals surface area contributed by atoms with Gasteiger partial charge in [0.2, 0.25) is 0 Å². The van der Waals surface area contributed by atoms with Crippen LogP contribution in [0.25, 0.3) is 0 Å². The minimum absolute atomic E-state index is 0.109. The molecule has 1 aromatic heterocycles. The summed E-state index contributed by atoms with van der Waals surface area (Å²) >= 11 is 1.64. The van der Waals surface area contributed by atoms with Crippen LogP contribution in [0.2, 0.25) is 0 Å². The molecule has 20 heavy (non-hydrogen) atoms. The van der Waals surface area contributed by atoms with E-state index < -0.39 is 0 Å². The van der Waals surface area contributed by atoms with Gasteiger partial charge in [-0.1, -0.05) is 5.16 Å². The van der Waals surface area contributed by atoms with E-state index in [1.165, 1.54) is 16.9 Å². The summed E-state index contributed by atoms with van der Waals surface area (Å²) in [6, 6.07) is 2.40. The smallest absolute Gasteiger partial charge is 0.264 e. The van der Waals surface area contributed by atoms with E-state index in [0.29, 0.717) is 19.0 Å². The van der Waals surface area contributed by atoms with Crippen LogP contribution in [0.1, 0.15) is 45.8 Å². The van der Waals surface area contributed by atoms with Gasteiger partial charge < -0.3 is 15.8 Å². The summed E-state index contributed by atoms with van der Waals surface area (Å²) in [5.41, 5.74) is 6.86. The van der Waals surface area contributed by atoms with Crippen molar-refractivity contribution in [3.8, 4) is 0 Å². The Morgan fingerprint density at radius 3 is 2.95 bits per heavy atom. The molecule has 0 spiro atoms. The highest BCUT2D eigenvalue weighted by atomic mass is 32.1. The highest BCUT2D eigenvalue weighted by molar-refractivity contribution is 7.14. The maximum atomic E-state index is 12.6. The molecule has 3 N–H and O–H groups in total. The number of carbonyl (C=O) groups is 1. The van der Waals surface area contributed by atoms with Crippen LogP contribution in [0.15, 0.2) is 11.2 Å². The van der Waals surface area contributed by atoms with Crippen LogP contribution >= 0.6 is 11.3 Å². The predicted molar refractivity (Wildman–Crippen MR) is 78.4 cm³/mol. The van der Waals surface area contributed by atoms with Crippen molar-refractivity contribution in [1.29, 1.82) is 0 Å². The molecule has 2 aliphatic rings. The van der Waals surface area contributed by atoms with Gasteiger partial charge in [-0.3, -0.25) is 4.79 Å². The first-order valence-corrected chi connectivity index (χ1v) is 7.89. The number of amidine groups is 1. The molecule has 0 radical (unpaired) electrons. The molecule has 1 amide bonds. The van der Waals surface area contributed by atoms with Crippen molar-refractivity contribution in [2.24, 2.45) is 10.9 Å². The van der Waals surface area contributed by atoms with Gasteiger partial charge >= 0.3 is 0 Å². The maximum absolute atomic E-state index is 12.6. The summed E-state index contributed by atoms with van der Waals surface area (Å²) in [6.07, 6.45) is 5.97. The van der Waals surface area contributed by atoms with Crippen LogP contribution in [-0.2, 0) is 12.8 Å². The lowest BCUT2D eigenvalue weighted by Gasteiger charge is -2.21. The number of amides is 1. The summed E-state index contributed by atoms with van der Waals surface area (Å²) in [7, 11) is 0. The summed E-state index contributed by atoms with van der Waals surface area (Å²) in [5.74, 6) is 0.287. The van der Waals surface area contributed by atoms with Crippen molar-refractivity contribution in [3.05, 3.63) is 21.4 Å². The van der Waals surface area contributed by atoms with Gasteiger partial charge in [0.15, 0.2) is 0 Å². The van der Waals surface area contributed by atoms with Gasteiger partial charge in [0, 0.05) is 23.9 Å². The van der Waals surface area contributed by atoms with Gasteiger partial charge in [0.05, 0.1) is 4.88 Å². The van der Waals surface area contributed by atoms with Crippen LogP contribution in [-0.4, -0.2) is 34.4 Å². The van der Waals surface area contributed by atoms with Crippen molar-refractivity contribution in [2.45, 2.75) is 44.6 Å². The van der Waals surface area contributed by atoms with E-state index in [1.807, 2.05) is 4.90 Å². The number of aryl methyl sites for hydroxylation is 2. The predicted octanol–water partition coefficient (Wildman–Crippen LogP) is 1.98. The topological polar surface area (TPSA) is 78.9 Å². The third kappa shape index (κ3) is 2.65. The van der Waals surface area contributed by atoms with E-state index in [1.54, 1.807) is 11.3 Å². The molecule has 0 atom stereocenters. The number of nitrogens with two attached hydrogens (primary N) is 1. The van der Waals surface area contributed by atoms with Crippen LogP contribution in [0.3, 0.4) is 0 Å². The molecule has 2 aliphatic carbocycles. The second kappa shape index (κ2) is 5.44. The fraction of sp³-hybridized carbons (Fsp3) is 0.571. The molecule has 0 bridgehead atoms. The molecular formula is C14H19N3O2S. The van der Waals surface area contributed by atoms with Gasteiger partial charge in [0.1, 0.15) is 5.84 Å². The molecule has 5 nitrogen and oxygen atoms in total. The summed E-state index contributed by atoms with van der Waals surface area (Å²) < 4.78 is 0. The number of carbonyl (C=O) groups excluding carboxylic acids is 1. The van der Waals surface area contributed by atoms with Gasteiger partial charge in [-0.2, -0.15) is 0 Å². The van der Waals surface area contributed by atoms with Crippen LogP contribution in [0, 0.1) is 0 Å². The average molecular weight is 293 g/mol. The molecule has 0 aliphatic heterocycles. The van der Waals surface area contributed by atoms with Crippen molar-refractivity contribution in [3.63, 3.8) is 0 Å². The fourth-order valence-electron chi connectivity index (χ4n) is 2.70. The molecule has 1 heterocycles. The van der Waals surface area contributed by atoms with E-state index in [9.17, 15) is 4.79 Å². The zero-order valence-electron chi connectivity index (χ0n) is 11.3.